The van der Waals surface area contributed by atoms with Crippen LogP contribution in [0.1, 0.15) is 47.2 Å². The van der Waals surface area contributed by atoms with Crippen molar-refractivity contribution >= 4 is 16.9 Å². The second-order valence-corrected chi connectivity index (χ2v) is 8.85. The number of aryl methyl sites for hydroxylation is 3. The van der Waals surface area contributed by atoms with E-state index in [1.165, 1.54) is 0 Å². The predicted molar refractivity (Wildman–Crippen MR) is 141 cm³/mol. The van der Waals surface area contributed by atoms with E-state index in [1.54, 1.807) is 24.5 Å². The van der Waals surface area contributed by atoms with Gasteiger partial charge in [-0.15, -0.1) is 0 Å². The number of nitrogens with one attached hydrogen (secondary N) is 1. The molecular weight excluding hydrogens is 448 g/mol. The number of aromatic nitrogens is 5. The molecule has 0 saturated heterocycles. The molecule has 3 aromatic heterocycles. The third-order valence-electron chi connectivity index (χ3n) is 6.23. The molecular formula is C29H28N6O. The number of H-pyrrole nitrogens is 1. The van der Waals surface area contributed by atoms with Gasteiger partial charge in [0, 0.05) is 35.6 Å². The van der Waals surface area contributed by atoms with E-state index in [0.717, 1.165) is 76.4 Å². The number of rotatable bonds is 9. The van der Waals surface area contributed by atoms with Crippen LogP contribution in [0.5, 0.6) is 0 Å². The van der Waals surface area contributed by atoms with Gasteiger partial charge in [-0.1, -0.05) is 37.6 Å². The van der Waals surface area contributed by atoms with Gasteiger partial charge >= 0.3 is 0 Å². The Morgan fingerprint density at radius 1 is 0.889 bits per heavy atom. The van der Waals surface area contributed by atoms with E-state index in [4.69, 9.17) is 15.7 Å². The van der Waals surface area contributed by atoms with Gasteiger partial charge in [0.1, 0.15) is 5.82 Å². The standard InChI is InChI=1S/C29H28N6O/c1-2-3-5-22-6-4-7-24(33-22)28-27(21-13-14-23-25(18-21)32-17-16-31-23)34-26(35-28)15-10-19-8-11-20(12-9-19)29(30)36/h4,6-9,11-14,16-18H,2-3,5,10,15H2,1H3,(H2,30,36)(H,34,35). The highest BCUT2D eigenvalue weighted by Crippen LogP contribution is 2.31. The van der Waals surface area contributed by atoms with E-state index >= 15 is 0 Å². The number of hydrogen-bond acceptors (Lipinski definition) is 5. The molecule has 0 spiro atoms. The van der Waals surface area contributed by atoms with Gasteiger partial charge in [-0.3, -0.25) is 19.7 Å². The van der Waals surface area contributed by atoms with Crippen LogP contribution in [-0.4, -0.2) is 30.8 Å². The van der Waals surface area contributed by atoms with E-state index in [9.17, 15) is 4.79 Å². The lowest BCUT2D eigenvalue weighted by atomic mass is 10.1. The number of pyridine rings is 1. The Balaban J connectivity index is 1.50. The van der Waals surface area contributed by atoms with Crippen molar-refractivity contribution in [3.63, 3.8) is 0 Å². The SMILES string of the molecule is CCCCc1cccc(-c2[nH]c(CCc3ccc(C(N)=O)cc3)nc2-c2ccc3nccnc3c2)n1. The first kappa shape index (κ1) is 23.4. The fourth-order valence-electron chi connectivity index (χ4n) is 4.26. The summed E-state index contributed by atoms with van der Waals surface area (Å²) in [7, 11) is 0. The molecule has 0 bridgehead atoms. The molecule has 2 aromatic carbocycles. The lowest BCUT2D eigenvalue weighted by molar-refractivity contribution is 0.100. The minimum atomic E-state index is -0.421. The largest absolute Gasteiger partial charge is 0.366 e. The summed E-state index contributed by atoms with van der Waals surface area (Å²) in [6.07, 6.45) is 8.07. The fourth-order valence-corrected chi connectivity index (χ4v) is 4.26. The second kappa shape index (κ2) is 10.5. The minimum Gasteiger partial charge on any atom is -0.366 e. The molecule has 0 atom stereocenters. The maximum absolute atomic E-state index is 11.4. The van der Waals surface area contributed by atoms with Gasteiger partial charge in [0.15, 0.2) is 0 Å². The number of nitrogens with two attached hydrogens (primary N) is 1. The summed E-state index contributed by atoms with van der Waals surface area (Å²) in [6.45, 7) is 2.19. The molecule has 7 nitrogen and oxygen atoms in total. The van der Waals surface area contributed by atoms with E-state index < -0.39 is 5.91 Å². The first-order valence-electron chi connectivity index (χ1n) is 12.3. The maximum atomic E-state index is 11.4. The van der Waals surface area contributed by atoms with Crippen LogP contribution < -0.4 is 5.73 Å². The van der Waals surface area contributed by atoms with Gasteiger partial charge < -0.3 is 10.7 Å². The molecule has 5 aromatic rings. The number of benzene rings is 2. The van der Waals surface area contributed by atoms with E-state index in [1.807, 2.05) is 36.4 Å². The number of primary amides is 1. The molecule has 3 N–H and O–H groups in total. The van der Waals surface area contributed by atoms with Crippen molar-refractivity contribution in [2.75, 3.05) is 0 Å². The average molecular weight is 477 g/mol. The van der Waals surface area contributed by atoms with Crippen LogP contribution in [0.15, 0.2) is 73.1 Å². The average Bonchev–Trinajstić information content (AvgIpc) is 3.35. The highest BCUT2D eigenvalue weighted by molar-refractivity contribution is 5.92. The summed E-state index contributed by atoms with van der Waals surface area (Å²) in [5.74, 6) is 0.453. The van der Waals surface area contributed by atoms with Crippen molar-refractivity contribution in [3.8, 4) is 22.6 Å². The summed E-state index contributed by atoms with van der Waals surface area (Å²) in [6, 6.07) is 19.6. The van der Waals surface area contributed by atoms with Crippen LogP contribution >= 0.6 is 0 Å². The molecule has 0 aliphatic heterocycles. The summed E-state index contributed by atoms with van der Waals surface area (Å²) in [5, 5.41) is 0. The number of aromatic amines is 1. The van der Waals surface area contributed by atoms with Crippen LogP contribution in [-0.2, 0) is 19.3 Å². The molecule has 0 radical (unpaired) electrons. The topological polar surface area (TPSA) is 110 Å². The third kappa shape index (κ3) is 5.15. The number of hydrogen-bond donors (Lipinski definition) is 2. The van der Waals surface area contributed by atoms with Crippen LogP contribution in [0.3, 0.4) is 0 Å². The zero-order chi connectivity index (χ0) is 24.9. The van der Waals surface area contributed by atoms with Crippen molar-refractivity contribution in [1.29, 1.82) is 0 Å². The molecule has 1 amide bonds. The Labute approximate surface area is 209 Å². The Morgan fingerprint density at radius 2 is 1.69 bits per heavy atom. The Kier molecular flexibility index (Phi) is 6.80. The summed E-state index contributed by atoms with van der Waals surface area (Å²) in [4.78, 5) is 33.7. The Morgan fingerprint density at radius 3 is 2.47 bits per heavy atom. The highest BCUT2D eigenvalue weighted by atomic mass is 16.1. The van der Waals surface area contributed by atoms with Gasteiger partial charge in [0.25, 0.3) is 0 Å². The van der Waals surface area contributed by atoms with Gasteiger partial charge in [-0.05, 0) is 61.2 Å². The molecule has 7 heteroatoms. The molecule has 180 valence electrons. The number of carbonyl (C=O) groups is 1. The van der Waals surface area contributed by atoms with Crippen molar-refractivity contribution in [3.05, 3.63) is 95.7 Å². The van der Waals surface area contributed by atoms with Crippen molar-refractivity contribution in [2.24, 2.45) is 5.73 Å². The lowest BCUT2D eigenvalue weighted by Gasteiger charge is -2.06. The first-order chi connectivity index (χ1) is 17.6. The zero-order valence-electron chi connectivity index (χ0n) is 20.2. The molecule has 0 saturated carbocycles. The summed E-state index contributed by atoms with van der Waals surface area (Å²) < 4.78 is 0. The zero-order valence-corrected chi connectivity index (χ0v) is 20.2. The van der Waals surface area contributed by atoms with Crippen LogP contribution in [0.4, 0.5) is 0 Å². The molecule has 0 aliphatic carbocycles. The van der Waals surface area contributed by atoms with Crippen LogP contribution in [0.2, 0.25) is 0 Å². The smallest absolute Gasteiger partial charge is 0.248 e. The van der Waals surface area contributed by atoms with Gasteiger partial charge in [-0.2, -0.15) is 0 Å². The monoisotopic (exact) mass is 476 g/mol. The van der Waals surface area contributed by atoms with E-state index in [0.29, 0.717) is 12.0 Å². The molecule has 0 unspecified atom stereocenters. The minimum absolute atomic E-state index is 0.421. The second-order valence-electron chi connectivity index (χ2n) is 8.85. The molecule has 0 aliphatic rings. The van der Waals surface area contributed by atoms with Gasteiger partial charge in [0.2, 0.25) is 5.91 Å². The number of unbranched alkanes of at least 4 members (excludes halogenated alkanes) is 1. The van der Waals surface area contributed by atoms with Crippen molar-refractivity contribution < 1.29 is 4.79 Å². The Hall–Kier alpha value is -4.39. The summed E-state index contributed by atoms with van der Waals surface area (Å²) in [5.41, 5.74) is 13.3. The Bertz CT molecular complexity index is 1510. The van der Waals surface area contributed by atoms with Crippen LogP contribution in [0, 0.1) is 0 Å². The number of nitrogens with zero attached hydrogens (tertiary/aromatic N) is 4. The lowest BCUT2D eigenvalue weighted by Crippen LogP contribution is -2.10. The van der Waals surface area contributed by atoms with Gasteiger partial charge in [0.05, 0.1) is 28.1 Å². The number of carbonyl (C=O) groups excluding carboxylic acids is 1. The number of imidazole rings is 1. The van der Waals surface area contributed by atoms with Gasteiger partial charge in [-0.25, -0.2) is 4.98 Å². The van der Waals surface area contributed by atoms with Crippen LogP contribution in [0.25, 0.3) is 33.7 Å². The van der Waals surface area contributed by atoms with E-state index in [-0.39, 0.29) is 0 Å². The molecule has 36 heavy (non-hydrogen) atoms. The van der Waals surface area contributed by atoms with E-state index in [2.05, 4.69) is 34.0 Å². The number of fused-ring (bicyclic) bond motifs is 1. The highest BCUT2D eigenvalue weighted by Gasteiger charge is 2.17. The third-order valence-corrected chi connectivity index (χ3v) is 6.23. The summed E-state index contributed by atoms with van der Waals surface area (Å²) >= 11 is 0. The normalized spacial score (nSPS) is 11.1. The molecule has 0 fully saturated rings. The van der Waals surface area contributed by atoms with Crippen molar-refractivity contribution in [1.82, 2.24) is 24.9 Å². The molecule has 3 heterocycles. The first-order valence-corrected chi connectivity index (χ1v) is 12.3. The predicted octanol–water partition coefficient (Wildman–Crippen LogP) is 5.31. The number of amides is 1. The quantitative estimate of drug-likeness (QED) is 0.300. The van der Waals surface area contributed by atoms with Crippen molar-refractivity contribution in [2.45, 2.75) is 39.0 Å². The maximum Gasteiger partial charge on any atom is 0.248 e. The molecule has 5 rings (SSSR count). The fraction of sp³-hybridized carbons (Fsp3) is 0.207.